The van der Waals surface area contributed by atoms with Crippen LogP contribution in [0, 0.1) is 0 Å². The zero-order valence-electron chi connectivity index (χ0n) is 9.12. The zero-order chi connectivity index (χ0) is 12.6. The molecule has 2 rings (SSSR count). The number of anilines is 1. The van der Waals surface area contributed by atoms with E-state index < -0.39 is 9.84 Å². The molecule has 1 amide bonds. The van der Waals surface area contributed by atoms with Crippen LogP contribution in [-0.2, 0) is 14.6 Å². The van der Waals surface area contributed by atoms with Crippen LogP contribution in [0.25, 0.3) is 0 Å². The lowest BCUT2D eigenvalue weighted by Crippen LogP contribution is -2.19. The fourth-order valence-corrected chi connectivity index (χ4v) is 2.16. The number of hydrogen-bond donors (Lipinski definition) is 1. The Hall–Kier alpha value is -1.89. The third-order valence-electron chi connectivity index (χ3n) is 2.29. The summed E-state index contributed by atoms with van der Waals surface area (Å²) in [5, 5.41) is 4.96. The molecule has 0 radical (unpaired) electrons. The Morgan fingerprint density at radius 2 is 2.12 bits per heavy atom. The molecule has 0 spiro atoms. The van der Waals surface area contributed by atoms with Gasteiger partial charge in [0, 0.05) is 6.26 Å². The lowest BCUT2D eigenvalue weighted by atomic mass is 10.3. The Morgan fingerprint density at radius 1 is 1.41 bits per heavy atom. The maximum Gasteiger partial charge on any atom is 0.255 e. The van der Waals surface area contributed by atoms with Crippen molar-refractivity contribution in [1.82, 2.24) is 0 Å². The van der Waals surface area contributed by atoms with Crippen LogP contribution in [0.1, 0.15) is 6.42 Å². The van der Waals surface area contributed by atoms with Gasteiger partial charge >= 0.3 is 0 Å². The van der Waals surface area contributed by atoms with Crippen LogP contribution in [-0.4, -0.2) is 26.4 Å². The van der Waals surface area contributed by atoms with Gasteiger partial charge in [-0.25, -0.2) is 8.42 Å². The van der Waals surface area contributed by atoms with Crippen LogP contribution in [0.4, 0.5) is 5.69 Å². The van der Waals surface area contributed by atoms with Crippen molar-refractivity contribution >= 4 is 27.3 Å². The van der Waals surface area contributed by atoms with Crippen molar-refractivity contribution in [3.63, 3.8) is 0 Å². The molecule has 0 bridgehead atoms. The summed E-state index contributed by atoms with van der Waals surface area (Å²) in [5.74, 6) is -0.0482. The van der Waals surface area contributed by atoms with E-state index in [0.29, 0.717) is 5.69 Å². The molecule has 0 saturated carbocycles. The molecule has 1 heterocycles. The van der Waals surface area contributed by atoms with Gasteiger partial charge in [0.1, 0.15) is 5.84 Å². The second-order valence-electron chi connectivity index (χ2n) is 3.74. The summed E-state index contributed by atoms with van der Waals surface area (Å²) in [6, 6.07) is 6.03. The van der Waals surface area contributed by atoms with Crippen molar-refractivity contribution in [2.24, 2.45) is 10.8 Å². The molecule has 6 nitrogen and oxygen atoms in total. The Bertz CT molecular complexity index is 607. The Kier molecular flexibility index (Phi) is 2.62. The number of benzene rings is 1. The number of amidine groups is 1. The number of amides is 1. The number of nitrogens with zero attached hydrogens (tertiary/aromatic N) is 2. The van der Waals surface area contributed by atoms with E-state index >= 15 is 0 Å². The number of rotatable bonds is 2. The normalized spacial score (nSPS) is 16.2. The smallest absolute Gasteiger partial charge is 0.255 e. The predicted molar refractivity (Wildman–Crippen MR) is 63.3 cm³/mol. The highest BCUT2D eigenvalue weighted by atomic mass is 32.2. The number of carbonyl (C=O) groups is 1. The minimum absolute atomic E-state index is 0.0586. The second-order valence-corrected chi connectivity index (χ2v) is 5.76. The molecule has 2 N–H and O–H groups in total. The SMILES string of the molecule is CS(=O)(=O)c1cccc(N2N=C(N)CC2=O)c1. The van der Waals surface area contributed by atoms with Crippen LogP contribution < -0.4 is 10.7 Å². The van der Waals surface area contributed by atoms with Gasteiger partial charge in [-0.1, -0.05) is 6.07 Å². The molecule has 1 aliphatic rings. The van der Waals surface area contributed by atoms with Crippen molar-refractivity contribution in [2.45, 2.75) is 11.3 Å². The third-order valence-corrected chi connectivity index (χ3v) is 3.40. The molecule has 1 aromatic rings. The van der Waals surface area contributed by atoms with Crippen molar-refractivity contribution < 1.29 is 13.2 Å². The summed E-state index contributed by atoms with van der Waals surface area (Å²) >= 11 is 0. The van der Waals surface area contributed by atoms with E-state index in [0.717, 1.165) is 11.3 Å². The predicted octanol–water partition coefficient (Wildman–Crippen LogP) is 0.0990. The van der Waals surface area contributed by atoms with Crippen LogP contribution >= 0.6 is 0 Å². The van der Waals surface area contributed by atoms with Crippen LogP contribution in [0.15, 0.2) is 34.3 Å². The second kappa shape index (κ2) is 3.85. The van der Waals surface area contributed by atoms with Gasteiger partial charge < -0.3 is 5.73 Å². The van der Waals surface area contributed by atoms with Gasteiger partial charge in [-0.15, -0.1) is 0 Å². The van der Waals surface area contributed by atoms with E-state index in [-0.39, 0.29) is 23.1 Å². The molecular formula is C10H11N3O3S. The fourth-order valence-electron chi connectivity index (χ4n) is 1.50. The highest BCUT2D eigenvalue weighted by Crippen LogP contribution is 2.22. The summed E-state index contributed by atoms with van der Waals surface area (Å²) in [4.78, 5) is 11.7. The molecular weight excluding hydrogens is 242 g/mol. The Labute approximate surface area is 98.6 Å². The molecule has 1 aliphatic heterocycles. The summed E-state index contributed by atoms with van der Waals surface area (Å²) in [7, 11) is -3.30. The first-order valence-corrected chi connectivity index (χ1v) is 6.73. The Balaban J connectivity index is 2.45. The summed E-state index contributed by atoms with van der Waals surface area (Å²) < 4.78 is 22.8. The lowest BCUT2D eigenvalue weighted by Gasteiger charge is -2.12. The summed E-state index contributed by atoms with van der Waals surface area (Å²) in [5.41, 5.74) is 5.85. The average molecular weight is 253 g/mol. The quantitative estimate of drug-likeness (QED) is 0.808. The van der Waals surface area contributed by atoms with Gasteiger partial charge in [0.25, 0.3) is 5.91 Å². The molecule has 1 aromatic carbocycles. The molecule has 0 aromatic heterocycles. The Morgan fingerprint density at radius 3 is 2.65 bits per heavy atom. The van der Waals surface area contributed by atoms with Crippen molar-refractivity contribution in [3.05, 3.63) is 24.3 Å². The molecule has 0 unspecified atom stereocenters. The molecule has 90 valence electrons. The molecule has 7 heteroatoms. The van der Waals surface area contributed by atoms with Crippen LogP contribution in [0.5, 0.6) is 0 Å². The number of nitrogens with two attached hydrogens (primary N) is 1. The van der Waals surface area contributed by atoms with E-state index in [1.165, 1.54) is 12.1 Å². The first kappa shape index (κ1) is 11.6. The standard InChI is InChI=1S/C10H11N3O3S/c1-17(15,16)8-4-2-3-7(5-8)13-10(14)6-9(11)12-13/h2-5H,6H2,1H3,(H2,11,12). The zero-order valence-corrected chi connectivity index (χ0v) is 9.94. The molecule has 0 aliphatic carbocycles. The molecule has 17 heavy (non-hydrogen) atoms. The van der Waals surface area contributed by atoms with E-state index in [4.69, 9.17) is 5.73 Å². The van der Waals surface area contributed by atoms with Gasteiger partial charge in [0.05, 0.1) is 17.0 Å². The van der Waals surface area contributed by atoms with Gasteiger partial charge in [-0.3, -0.25) is 4.79 Å². The highest BCUT2D eigenvalue weighted by molar-refractivity contribution is 7.90. The maximum absolute atomic E-state index is 11.5. The largest absolute Gasteiger partial charge is 0.385 e. The third kappa shape index (κ3) is 2.28. The minimum atomic E-state index is -3.30. The van der Waals surface area contributed by atoms with Gasteiger partial charge in [-0.2, -0.15) is 10.1 Å². The molecule has 0 fully saturated rings. The average Bonchev–Trinajstić information content (AvgIpc) is 2.57. The fraction of sp³-hybridized carbons (Fsp3) is 0.200. The van der Waals surface area contributed by atoms with E-state index in [1.54, 1.807) is 12.1 Å². The molecule has 0 saturated heterocycles. The van der Waals surface area contributed by atoms with Crippen molar-refractivity contribution in [1.29, 1.82) is 0 Å². The molecule has 0 atom stereocenters. The topological polar surface area (TPSA) is 92.8 Å². The first-order valence-electron chi connectivity index (χ1n) is 4.84. The number of sulfone groups is 1. The number of hydrazone groups is 1. The minimum Gasteiger partial charge on any atom is -0.385 e. The van der Waals surface area contributed by atoms with Gasteiger partial charge in [-0.05, 0) is 18.2 Å². The van der Waals surface area contributed by atoms with Crippen molar-refractivity contribution in [3.8, 4) is 0 Å². The van der Waals surface area contributed by atoms with Gasteiger partial charge in [0.2, 0.25) is 0 Å². The van der Waals surface area contributed by atoms with Gasteiger partial charge in [0.15, 0.2) is 9.84 Å². The summed E-state index contributed by atoms with van der Waals surface area (Å²) in [6.07, 6.45) is 1.17. The van der Waals surface area contributed by atoms with E-state index in [2.05, 4.69) is 5.10 Å². The summed E-state index contributed by atoms with van der Waals surface area (Å²) in [6.45, 7) is 0. The monoisotopic (exact) mass is 253 g/mol. The van der Waals surface area contributed by atoms with Crippen LogP contribution in [0.3, 0.4) is 0 Å². The number of carbonyl (C=O) groups excluding carboxylic acids is 1. The van der Waals surface area contributed by atoms with E-state index in [9.17, 15) is 13.2 Å². The highest BCUT2D eigenvalue weighted by Gasteiger charge is 2.24. The van der Waals surface area contributed by atoms with Crippen molar-refractivity contribution in [2.75, 3.05) is 11.3 Å². The van der Waals surface area contributed by atoms with Crippen LogP contribution in [0.2, 0.25) is 0 Å². The lowest BCUT2D eigenvalue weighted by molar-refractivity contribution is -0.116. The van der Waals surface area contributed by atoms with E-state index in [1.807, 2.05) is 0 Å². The number of hydrogen-bond acceptors (Lipinski definition) is 5. The first-order chi connectivity index (χ1) is 7.88. The maximum atomic E-state index is 11.5.